The molecule has 0 aromatic rings. The van der Waals surface area contributed by atoms with E-state index in [0.29, 0.717) is 38.0 Å². The summed E-state index contributed by atoms with van der Waals surface area (Å²) in [5, 5.41) is 20.4. The molecule has 0 aliphatic heterocycles. The topological polar surface area (TPSA) is 101 Å². The van der Waals surface area contributed by atoms with Gasteiger partial charge in [-0.3, -0.25) is 4.79 Å². The standard InChI is InChI=1S/C22H35ClO6S/c1-29-22(26)15-30(27,28)12-6-5-9-18-19(21(25)14-20(18)23)11-10-17(24)13-16-7-3-2-4-8-16/h16-21,24-25H,2-9,12-15H2,1H3/t17?,18-,19-,20-,21-/m1/s1. The number of unbranched alkanes of at least 4 members (excludes halogenated alkanes) is 1. The third-order valence-electron chi connectivity index (χ3n) is 6.31. The molecular weight excluding hydrogens is 428 g/mol. The molecule has 1 unspecified atom stereocenters. The van der Waals surface area contributed by atoms with Crippen LogP contribution in [0.1, 0.15) is 64.2 Å². The SMILES string of the molecule is COC(=O)CS(=O)(=O)CCCC[C@@H]1[C@@H](C#CC(O)CC2CCCCC2)[C@H](O)C[C@H]1Cl. The molecule has 0 aromatic carbocycles. The van der Waals surface area contributed by atoms with E-state index in [9.17, 15) is 23.4 Å². The van der Waals surface area contributed by atoms with E-state index < -0.39 is 33.8 Å². The second-order valence-electron chi connectivity index (χ2n) is 8.72. The van der Waals surface area contributed by atoms with Crippen molar-refractivity contribution in [3.63, 3.8) is 0 Å². The van der Waals surface area contributed by atoms with E-state index in [4.69, 9.17) is 11.6 Å². The van der Waals surface area contributed by atoms with Gasteiger partial charge in [0.1, 0.15) is 11.9 Å². The van der Waals surface area contributed by atoms with Crippen LogP contribution in [-0.4, -0.2) is 60.8 Å². The molecule has 6 nitrogen and oxygen atoms in total. The van der Waals surface area contributed by atoms with Gasteiger partial charge >= 0.3 is 5.97 Å². The van der Waals surface area contributed by atoms with Crippen LogP contribution in [0.4, 0.5) is 0 Å². The lowest BCUT2D eigenvalue weighted by atomic mass is 9.85. The first-order valence-electron chi connectivity index (χ1n) is 11.0. The number of sulfone groups is 1. The molecule has 2 N–H and O–H groups in total. The summed E-state index contributed by atoms with van der Waals surface area (Å²) in [7, 11) is -2.32. The maximum atomic E-state index is 11.9. The molecule has 2 fully saturated rings. The second kappa shape index (κ2) is 12.3. The van der Waals surface area contributed by atoms with Crippen LogP contribution in [0.25, 0.3) is 0 Å². The van der Waals surface area contributed by atoms with E-state index in [2.05, 4.69) is 16.6 Å². The minimum atomic E-state index is -3.48. The maximum absolute atomic E-state index is 11.9. The van der Waals surface area contributed by atoms with Crippen LogP contribution in [0.5, 0.6) is 0 Å². The molecule has 172 valence electrons. The lowest BCUT2D eigenvalue weighted by molar-refractivity contribution is -0.137. The van der Waals surface area contributed by atoms with E-state index in [1.165, 1.54) is 19.3 Å². The minimum Gasteiger partial charge on any atom is -0.468 e. The molecule has 0 saturated heterocycles. The van der Waals surface area contributed by atoms with Crippen LogP contribution in [0.2, 0.25) is 0 Å². The Balaban J connectivity index is 1.83. The van der Waals surface area contributed by atoms with Gasteiger partial charge in [-0.15, -0.1) is 11.6 Å². The predicted molar refractivity (Wildman–Crippen MR) is 117 cm³/mol. The van der Waals surface area contributed by atoms with Crippen molar-refractivity contribution in [2.45, 2.75) is 81.8 Å². The predicted octanol–water partition coefficient (Wildman–Crippen LogP) is 2.68. The van der Waals surface area contributed by atoms with E-state index in [1.807, 2.05) is 0 Å². The second-order valence-corrected chi connectivity index (χ2v) is 11.5. The summed E-state index contributed by atoms with van der Waals surface area (Å²) in [4.78, 5) is 11.2. The Labute approximate surface area is 185 Å². The molecule has 2 aliphatic carbocycles. The summed E-state index contributed by atoms with van der Waals surface area (Å²) in [6, 6.07) is 0. The third-order valence-corrected chi connectivity index (χ3v) is 8.40. The summed E-state index contributed by atoms with van der Waals surface area (Å²) >= 11 is 6.43. The van der Waals surface area contributed by atoms with Crippen molar-refractivity contribution in [3.8, 4) is 11.8 Å². The fraction of sp³-hybridized carbons (Fsp3) is 0.864. The first-order chi connectivity index (χ1) is 14.2. The van der Waals surface area contributed by atoms with Crippen molar-refractivity contribution < 1.29 is 28.2 Å². The van der Waals surface area contributed by atoms with Gasteiger partial charge in [0.2, 0.25) is 0 Å². The zero-order valence-corrected chi connectivity index (χ0v) is 19.3. The number of hydrogen-bond donors (Lipinski definition) is 2. The van der Waals surface area contributed by atoms with Gasteiger partial charge in [-0.05, 0) is 37.5 Å². The summed E-state index contributed by atoms with van der Waals surface area (Å²) in [6.07, 6.45) is 7.51. The Hall–Kier alpha value is -0.810. The first kappa shape index (κ1) is 25.5. The smallest absolute Gasteiger partial charge is 0.320 e. The number of methoxy groups -OCH3 is 1. The van der Waals surface area contributed by atoms with E-state index in [0.717, 1.165) is 20.0 Å². The summed E-state index contributed by atoms with van der Waals surface area (Å²) in [5.74, 6) is 4.76. The average Bonchev–Trinajstić information content (AvgIpc) is 2.96. The number of aliphatic hydroxyl groups is 2. The van der Waals surface area contributed by atoms with Crippen LogP contribution >= 0.6 is 11.6 Å². The molecule has 2 aliphatic rings. The first-order valence-corrected chi connectivity index (χ1v) is 13.3. The Morgan fingerprint density at radius 2 is 1.93 bits per heavy atom. The lowest BCUT2D eigenvalue weighted by Crippen LogP contribution is -2.22. The van der Waals surface area contributed by atoms with Gasteiger partial charge in [0.15, 0.2) is 9.84 Å². The highest BCUT2D eigenvalue weighted by molar-refractivity contribution is 7.92. The van der Waals surface area contributed by atoms with Crippen molar-refractivity contribution >= 4 is 27.4 Å². The van der Waals surface area contributed by atoms with E-state index in [-0.39, 0.29) is 23.0 Å². The maximum Gasteiger partial charge on any atom is 0.320 e. The zero-order valence-electron chi connectivity index (χ0n) is 17.8. The van der Waals surface area contributed by atoms with E-state index >= 15 is 0 Å². The number of rotatable bonds is 9. The third kappa shape index (κ3) is 8.37. The monoisotopic (exact) mass is 462 g/mol. The van der Waals surface area contributed by atoms with Crippen LogP contribution in [-0.2, 0) is 19.4 Å². The van der Waals surface area contributed by atoms with Gasteiger partial charge in [-0.25, -0.2) is 8.42 Å². The quantitative estimate of drug-likeness (QED) is 0.236. The number of carbonyl (C=O) groups is 1. The molecule has 5 atom stereocenters. The fourth-order valence-electron chi connectivity index (χ4n) is 4.63. The fourth-order valence-corrected chi connectivity index (χ4v) is 6.36. The average molecular weight is 463 g/mol. The van der Waals surface area contributed by atoms with E-state index in [1.54, 1.807) is 0 Å². The molecule has 0 spiro atoms. The highest BCUT2D eigenvalue weighted by Crippen LogP contribution is 2.39. The van der Waals surface area contributed by atoms with Gasteiger partial charge in [-0.2, -0.15) is 0 Å². The Morgan fingerprint density at radius 3 is 2.60 bits per heavy atom. The Kier molecular flexibility index (Phi) is 10.4. The molecule has 2 saturated carbocycles. The minimum absolute atomic E-state index is 0.0423. The summed E-state index contributed by atoms with van der Waals surface area (Å²) < 4.78 is 28.2. The summed E-state index contributed by atoms with van der Waals surface area (Å²) in [5.41, 5.74) is 0. The van der Waals surface area contributed by atoms with Gasteiger partial charge in [0.25, 0.3) is 0 Å². The number of carbonyl (C=O) groups excluding carboxylic acids is 1. The molecular formula is C22H35ClO6S. The normalized spacial score (nSPS) is 28.5. The lowest BCUT2D eigenvalue weighted by Gasteiger charge is -2.22. The molecule has 0 amide bonds. The number of alkyl halides is 1. The highest BCUT2D eigenvalue weighted by atomic mass is 35.5. The highest BCUT2D eigenvalue weighted by Gasteiger charge is 2.40. The van der Waals surface area contributed by atoms with Crippen molar-refractivity contribution in [3.05, 3.63) is 0 Å². The molecule has 0 bridgehead atoms. The van der Waals surface area contributed by atoms with Crippen molar-refractivity contribution in [1.29, 1.82) is 0 Å². The van der Waals surface area contributed by atoms with Gasteiger partial charge in [0, 0.05) is 5.38 Å². The molecule has 30 heavy (non-hydrogen) atoms. The number of halogens is 1. The van der Waals surface area contributed by atoms with Crippen molar-refractivity contribution in [1.82, 2.24) is 0 Å². The van der Waals surface area contributed by atoms with Crippen LogP contribution in [0.3, 0.4) is 0 Å². The number of ether oxygens (including phenoxy) is 1. The van der Waals surface area contributed by atoms with Crippen molar-refractivity contribution in [2.24, 2.45) is 17.8 Å². The molecule has 2 rings (SSSR count). The van der Waals surface area contributed by atoms with Crippen LogP contribution in [0.15, 0.2) is 0 Å². The zero-order chi connectivity index (χ0) is 22.1. The van der Waals surface area contributed by atoms with Gasteiger partial charge < -0.3 is 14.9 Å². The van der Waals surface area contributed by atoms with Crippen LogP contribution in [0, 0.1) is 29.6 Å². The number of esters is 1. The molecule has 0 aromatic heterocycles. The Bertz CT molecular complexity index is 707. The number of hydrogen-bond acceptors (Lipinski definition) is 6. The molecule has 0 radical (unpaired) electrons. The molecule has 8 heteroatoms. The van der Waals surface area contributed by atoms with Gasteiger partial charge in [0.05, 0.1) is 24.9 Å². The van der Waals surface area contributed by atoms with Crippen LogP contribution < -0.4 is 0 Å². The van der Waals surface area contributed by atoms with Crippen molar-refractivity contribution in [2.75, 3.05) is 18.6 Å². The number of aliphatic hydroxyl groups excluding tert-OH is 2. The summed E-state index contributed by atoms with van der Waals surface area (Å²) in [6.45, 7) is 0. The van der Waals surface area contributed by atoms with Gasteiger partial charge in [-0.1, -0.05) is 50.4 Å². The molecule has 0 heterocycles. The Morgan fingerprint density at radius 1 is 1.23 bits per heavy atom. The largest absolute Gasteiger partial charge is 0.468 e.